The summed E-state index contributed by atoms with van der Waals surface area (Å²) in [6.07, 6.45) is 2.25. The summed E-state index contributed by atoms with van der Waals surface area (Å²) in [6.45, 7) is 0. The molecule has 0 unspecified atom stereocenters. The van der Waals surface area contributed by atoms with Crippen molar-refractivity contribution in [3.8, 4) is 0 Å². The molecule has 0 heterocycles. The smallest absolute Gasteiger partial charge is 0.138 e. The number of carbonyl (C=O) groups excluding carboxylic acids is 1. The van der Waals surface area contributed by atoms with Gasteiger partial charge in [-0.2, -0.15) is 0 Å². The number of aliphatic hydroxyl groups is 1. The number of ketones is 1. The Hall–Kier alpha value is -0.570. The van der Waals surface area contributed by atoms with Crippen LogP contribution in [0.3, 0.4) is 0 Å². The predicted octanol–water partition coefficient (Wildman–Crippen LogP) is 3.79. The molecule has 17 heavy (non-hydrogen) atoms. The monoisotopic (exact) mass is 272 g/mol. The lowest BCUT2D eigenvalue weighted by molar-refractivity contribution is -0.128. The SMILES string of the molecule is O=C1CCCC[C@@H]1[C@@H](O)c1c(Cl)cccc1Cl. The van der Waals surface area contributed by atoms with Gasteiger partial charge in [-0.25, -0.2) is 0 Å². The Kier molecular flexibility index (Phi) is 4.08. The van der Waals surface area contributed by atoms with Gasteiger partial charge in [0.15, 0.2) is 0 Å². The van der Waals surface area contributed by atoms with Gasteiger partial charge in [0.05, 0.1) is 6.10 Å². The predicted molar refractivity (Wildman–Crippen MR) is 68.4 cm³/mol. The summed E-state index contributed by atoms with van der Waals surface area (Å²) in [5.74, 6) is -0.249. The van der Waals surface area contributed by atoms with E-state index in [1.165, 1.54) is 0 Å². The molecule has 0 amide bonds. The normalized spacial score (nSPS) is 22.5. The average molecular weight is 273 g/mol. The fraction of sp³-hybridized carbons (Fsp3) is 0.462. The van der Waals surface area contributed by atoms with Crippen molar-refractivity contribution in [1.29, 1.82) is 0 Å². The Labute approximate surface area is 111 Å². The second-order valence-electron chi connectivity index (χ2n) is 4.40. The summed E-state index contributed by atoms with van der Waals surface area (Å²) in [7, 11) is 0. The largest absolute Gasteiger partial charge is 0.388 e. The lowest BCUT2D eigenvalue weighted by Crippen LogP contribution is -2.25. The Bertz CT molecular complexity index is 411. The second-order valence-corrected chi connectivity index (χ2v) is 5.21. The van der Waals surface area contributed by atoms with E-state index in [0.717, 1.165) is 12.8 Å². The van der Waals surface area contributed by atoms with E-state index in [1.807, 2.05) is 0 Å². The molecule has 2 atom stereocenters. The van der Waals surface area contributed by atoms with Crippen molar-refractivity contribution in [2.24, 2.45) is 5.92 Å². The number of aliphatic hydroxyl groups excluding tert-OH is 1. The van der Waals surface area contributed by atoms with E-state index in [1.54, 1.807) is 18.2 Å². The van der Waals surface area contributed by atoms with Gasteiger partial charge in [0.1, 0.15) is 5.78 Å². The fourth-order valence-corrected chi connectivity index (χ4v) is 2.96. The molecule has 4 heteroatoms. The third-order valence-electron chi connectivity index (χ3n) is 3.28. The van der Waals surface area contributed by atoms with Gasteiger partial charge in [-0.1, -0.05) is 35.7 Å². The van der Waals surface area contributed by atoms with E-state index in [0.29, 0.717) is 28.5 Å². The fourth-order valence-electron chi connectivity index (χ4n) is 2.34. The van der Waals surface area contributed by atoms with Gasteiger partial charge in [0.25, 0.3) is 0 Å². The molecule has 2 nitrogen and oxygen atoms in total. The van der Waals surface area contributed by atoms with Crippen molar-refractivity contribution in [3.63, 3.8) is 0 Å². The van der Waals surface area contributed by atoms with E-state index < -0.39 is 6.10 Å². The zero-order valence-corrected chi connectivity index (χ0v) is 10.8. The van der Waals surface area contributed by atoms with E-state index in [4.69, 9.17) is 23.2 Å². The van der Waals surface area contributed by atoms with Crippen LogP contribution in [0.15, 0.2) is 18.2 Å². The van der Waals surface area contributed by atoms with Gasteiger partial charge in [0.2, 0.25) is 0 Å². The molecule has 1 aromatic rings. The molecule has 0 radical (unpaired) electrons. The van der Waals surface area contributed by atoms with Crippen molar-refractivity contribution < 1.29 is 9.90 Å². The molecule has 1 aromatic carbocycles. The van der Waals surface area contributed by atoms with Gasteiger partial charge in [-0.15, -0.1) is 0 Å². The Balaban J connectivity index is 2.29. The van der Waals surface area contributed by atoms with Crippen LogP contribution in [0.1, 0.15) is 37.4 Å². The highest BCUT2D eigenvalue weighted by Crippen LogP contribution is 2.38. The van der Waals surface area contributed by atoms with Crippen molar-refractivity contribution in [2.75, 3.05) is 0 Å². The van der Waals surface area contributed by atoms with E-state index >= 15 is 0 Å². The molecule has 0 bridgehead atoms. The van der Waals surface area contributed by atoms with Gasteiger partial charge < -0.3 is 5.11 Å². The first-order chi connectivity index (χ1) is 8.11. The number of benzene rings is 1. The van der Waals surface area contributed by atoms with E-state index in [9.17, 15) is 9.90 Å². The third-order valence-corrected chi connectivity index (χ3v) is 3.94. The van der Waals surface area contributed by atoms with Gasteiger partial charge in [-0.3, -0.25) is 4.79 Å². The van der Waals surface area contributed by atoms with Crippen LogP contribution in [0.4, 0.5) is 0 Å². The first kappa shape index (κ1) is 12.9. The first-order valence-electron chi connectivity index (χ1n) is 5.76. The number of hydrogen-bond donors (Lipinski definition) is 1. The average Bonchev–Trinajstić information content (AvgIpc) is 2.29. The quantitative estimate of drug-likeness (QED) is 0.890. The molecule has 1 N–H and O–H groups in total. The second kappa shape index (κ2) is 5.38. The van der Waals surface area contributed by atoms with Crippen LogP contribution in [-0.2, 0) is 4.79 Å². The van der Waals surface area contributed by atoms with Gasteiger partial charge >= 0.3 is 0 Å². The Morgan fingerprint density at radius 1 is 1.24 bits per heavy atom. The van der Waals surface area contributed by atoms with Crippen molar-refractivity contribution in [1.82, 2.24) is 0 Å². The van der Waals surface area contributed by atoms with Crippen LogP contribution >= 0.6 is 23.2 Å². The number of rotatable bonds is 2. The van der Waals surface area contributed by atoms with Crippen LogP contribution in [0, 0.1) is 5.92 Å². The maximum atomic E-state index is 11.8. The minimum atomic E-state index is -0.885. The lowest BCUT2D eigenvalue weighted by Gasteiger charge is -2.26. The van der Waals surface area contributed by atoms with Crippen molar-refractivity contribution >= 4 is 29.0 Å². The summed E-state index contributed by atoms with van der Waals surface area (Å²) in [6, 6.07) is 5.09. The summed E-state index contributed by atoms with van der Waals surface area (Å²) >= 11 is 12.1. The zero-order chi connectivity index (χ0) is 12.4. The van der Waals surface area contributed by atoms with Crippen LogP contribution in [0.25, 0.3) is 0 Å². The highest BCUT2D eigenvalue weighted by molar-refractivity contribution is 6.36. The topological polar surface area (TPSA) is 37.3 Å². The third kappa shape index (κ3) is 2.65. The molecule has 1 fully saturated rings. The highest BCUT2D eigenvalue weighted by atomic mass is 35.5. The summed E-state index contributed by atoms with van der Waals surface area (Å²) < 4.78 is 0. The highest BCUT2D eigenvalue weighted by Gasteiger charge is 2.32. The van der Waals surface area contributed by atoms with Crippen LogP contribution in [-0.4, -0.2) is 10.9 Å². The molecule has 0 aliphatic heterocycles. The summed E-state index contributed by atoms with van der Waals surface area (Å²) in [4.78, 5) is 11.8. The summed E-state index contributed by atoms with van der Waals surface area (Å²) in [5, 5.41) is 11.1. The number of Topliss-reactive ketones (excluding diaryl/α,β-unsaturated/α-hetero) is 1. The van der Waals surface area contributed by atoms with Crippen LogP contribution in [0.2, 0.25) is 10.0 Å². The molecule has 1 aliphatic carbocycles. The zero-order valence-electron chi connectivity index (χ0n) is 9.33. The van der Waals surface area contributed by atoms with Gasteiger partial charge in [-0.05, 0) is 25.0 Å². The Morgan fingerprint density at radius 3 is 2.47 bits per heavy atom. The van der Waals surface area contributed by atoms with Gasteiger partial charge in [0, 0.05) is 27.9 Å². The summed E-state index contributed by atoms with van der Waals surface area (Å²) in [5.41, 5.74) is 0.482. The van der Waals surface area contributed by atoms with Crippen LogP contribution in [0.5, 0.6) is 0 Å². The van der Waals surface area contributed by atoms with E-state index in [-0.39, 0.29) is 11.7 Å². The maximum Gasteiger partial charge on any atom is 0.138 e. The minimum Gasteiger partial charge on any atom is -0.388 e. The number of halogens is 2. The molecule has 0 spiro atoms. The Morgan fingerprint density at radius 2 is 1.88 bits per heavy atom. The molecule has 92 valence electrons. The molecule has 2 rings (SSSR count). The van der Waals surface area contributed by atoms with Crippen LogP contribution < -0.4 is 0 Å². The first-order valence-corrected chi connectivity index (χ1v) is 6.51. The number of carbonyl (C=O) groups is 1. The molecular formula is C13H14Cl2O2. The molecule has 1 saturated carbocycles. The van der Waals surface area contributed by atoms with Crippen molar-refractivity contribution in [3.05, 3.63) is 33.8 Å². The molecule has 0 saturated heterocycles. The minimum absolute atomic E-state index is 0.111. The molecule has 1 aliphatic rings. The standard InChI is InChI=1S/C13H14Cl2O2/c14-9-5-3-6-10(15)12(9)13(17)8-4-1-2-7-11(8)16/h3,5-6,8,13,17H,1-2,4,7H2/t8-,13+/m0/s1. The maximum absolute atomic E-state index is 11.8. The molecular weight excluding hydrogens is 259 g/mol. The lowest BCUT2D eigenvalue weighted by atomic mass is 9.81. The van der Waals surface area contributed by atoms with Crippen molar-refractivity contribution in [2.45, 2.75) is 31.8 Å². The number of hydrogen-bond acceptors (Lipinski definition) is 2. The molecule has 0 aromatic heterocycles. The van der Waals surface area contributed by atoms with E-state index in [2.05, 4.69) is 0 Å².